The third-order valence-electron chi connectivity index (χ3n) is 3.78. The lowest BCUT2D eigenvalue weighted by molar-refractivity contribution is 0.0954. The summed E-state index contributed by atoms with van der Waals surface area (Å²) in [6.45, 7) is 0. The average molecular weight is 445 g/mol. The molecule has 136 valence electrons. The molecule has 1 aromatic heterocycles. The standard InChI is InChI=1S/C20H15BrClN3O2/c21-17-9-16(10-23-12-17)20(27)25-24-11-15-8-13(5-6-19(15)26)7-14-3-1-2-4-18(14)22/h1-6,8-12,26H,7H2,(H,25,27)/b24-11+. The Morgan fingerprint density at radius 1 is 1.22 bits per heavy atom. The van der Waals surface area contributed by atoms with Gasteiger partial charge in [-0.25, -0.2) is 5.43 Å². The number of carbonyl (C=O) groups excluding carboxylic acids is 1. The van der Waals surface area contributed by atoms with Crippen molar-refractivity contribution in [2.24, 2.45) is 5.10 Å². The van der Waals surface area contributed by atoms with E-state index in [0.29, 0.717) is 27.0 Å². The molecule has 0 aliphatic carbocycles. The molecule has 3 rings (SSSR count). The predicted molar refractivity (Wildman–Crippen MR) is 109 cm³/mol. The lowest BCUT2D eigenvalue weighted by atomic mass is 10.0. The molecular weight excluding hydrogens is 430 g/mol. The number of carbonyl (C=O) groups is 1. The summed E-state index contributed by atoms with van der Waals surface area (Å²) >= 11 is 9.46. The van der Waals surface area contributed by atoms with Crippen molar-refractivity contribution < 1.29 is 9.90 Å². The lowest BCUT2D eigenvalue weighted by Gasteiger charge is -2.07. The van der Waals surface area contributed by atoms with Crippen molar-refractivity contribution >= 4 is 39.7 Å². The first-order valence-corrected chi connectivity index (χ1v) is 9.19. The maximum absolute atomic E-state index is 12.1. The van der Waals surface area contributed by atoms with Crippen LogP contribution in [0.4, 0.5) is 0 Å². The highest BCUT2D eigenvalue weighted by molar-refractivity contribution is 9.10. The number of aromatic nitrogens is 1. The number of aromatic hydroxyl groups is 1. The number of amides is 1. The normalized spacial score (nSPS) is 10.9. The molecule has 0 radical (unpaired) electrons. The van der Waals surface area contributed by atoms with Gasteiger partial charge in [-0.05, 0) is 57.7 Å². The van der Waals surface area contributed by atoms with Crippen LogP contribution in [0.5, 0.6) is 5.75 Å². The molecule has 0 saturated carbocycles. The van der Waals surface area contributed by atoms with E-state index in [9.17, 15) is 9.90 Å². The Balaban J connectivity index is 1.72. The van der Waals surface area contributed by atoms with Crippen LogP contribution in [-0.4, -0.2) is 22.2 Å². The number of rotatable bonds is 5. The minimum absolute atomic E-state index is 0.0695. The van der Waals surface area contributed by atoms with Crippen LogP contribution in [0.15, 0.2) is 70.5 Å². The van der Waals surface area contributed by atoms with Crippen LogP contribution in [0.3, 0.4) is 0 Å². The zero-order chi connectivity index (χ0) is 19.2. The quantitative estimate of drug-likeness (QED) is 0.447. The Bertz CT molecular complexity index is 1010. The first-order valence-electron chi connectivity index (χ1n) is 8.02. The molecule has 1 amide bonds. The molecule has 0 saturated heterocycles. The van der Waals surface area contributed by atoms with Gasteiger partial charge in [0, 0.05) is 27.5 Å². The topological polar surface area (TPSA) is 74.6 Å². The molecule has 0 fully saturated rings. The maximum atomic E-state index is 12.1. The van der Waals surface area contributed by atoms with Crippen LogP contribution in [0.2, 0.25) is 5.02 Å². The third kappa shape index (κ3) is 5.15. The van der Waals surface area contributed by atoms with Crippen LogP contribution in [-0.2, 0) is 6.42 Å². The minimum Gasteiger partial charge on any atom is -0.507 e. The Morgan fingerprint density at radius 2 is 2.04 bits per heavy atom. The minimum atomic E-state index is -0.397. The summed E-state index contributed by atoms with van der Waals surface area (Å²) in [5.74, 6) is -0.327. The second-order valence-electron chi connectivity index (χ2n) is 5.75. The average Bonchev–Trinajstić information content (AvgIpc) is 2.66. The SMILES string of the molecule is O=C(N/N=C/c1cc(Cc2ccccc2Cl)ccc1O)c1cncc(Br)c1. The number of hydrazone groups is 1. The van der Waals surface area contributed by atoms with Gasteiger partial charge in [0.25, 0.3) is 5.91 Å². The van der Waals surface area contributed by atoms with Gasteiger partial charge < -0.3 is 5.11 Å². The fraction of sp³-hybridized carbons (Fsp3) is 0.0500. The highest BCUT2D eigenvalue weighted by Gasteiger charge is 2.07. The van der Waals surface area contributed by atoms with Gasteiger partial charge in [0.05, 0.1) is 11.8 Å². The summed E-state index contributed by atoms with van der Waals surface area (Å²) in [5, 5.41) is 14.6. The number of nitrogens with one attached hydrogen (secondary N) is 1. The largest absolute Gasteiger partial charge is 0.507 e. The van der Waals surface area contributed by atoms with Crippen molar-refractivity contribution in [1.82, 2.24) is 10.4 Å². The number of hydrogen-bond donors (Lipinski definition) is 2. The van der Waals surface area contributed by atoms with Crippen molar-refractivity contribution in [3.8, 4) is 5.75 Å². The Kier molecular flexibility index (Phi) is 6.21. The molecule has 0 bridgehead atoms. The highest BCUT2D eigenvalue weighted by atomic mass is 79.9. The molecule has 0 spiro atoms. The predicted octanol–water partition coefficient (Wildman–Crippen LogP) is 4.56. The summed E-state index contributed by atoms with van der Waals surface area (Å²) in [6, 6.07) is 14.4. The number of hydrogen-bond acceptors (Lipinski definition) is 4. The second kappa shape index (κ2) is 8.79. The van der Waals surface area contributed by atoms with Crippen LogP contribution >= 0.6 is 27.5 Å². The van der Waals surface area contributed by atoms with E-state index in [1.807, 2.05) is 30.3 Å². The molecule has 0 atom stereocenters. The molecule has 7 heteroatoms. The Hall–Kier alpha value is -2.70. The van der Waals surface area contributed by atoms with Crippen LogP contribution in [0.1, 0.15) is 27.0 Å². The number of phenolic OH excluding ortho intramolecular Hbond substituents is 1. The van der Waals surface area contributed by atoms with E-state index in [1.165, 1.54) is 12.4 Å². The van der Waals surface area contributed by atoms with Gasteiger partial charge in [0.1, 0.15) is 5.75 Å². The van der Waals surface area contributed by atoms with Gasteiger partial charge in [0.2, 0.25) is 0 Å². The number of pyridine rings is 1. The van der Waals surface area contributed by atoms with Crippen LogP contribution < -0.4 is 5.43 Å². The van der Waals surface area contributed by atoms with E-state index in [0.717, 1.165) is 11.1 Å². The second-order valence-corrected chi connectivity index (χ2v) is 7.08. The van der Waals surface area contributed by atoms with Gasteiger partial charge in [-0.15, -0.1) is 0 Å². The number of halogens is 2. The summed E-state index contributed by atoms with van der Waals surface area (Å²) in [5.41, 5.74) is 5.24. The van der Waals surface area contributed by atoms with E-state index in [2.05, 4.69) is 31.4 Å². The van der Waals surface area contributed by atoms with E-state index < -0.39 is 5.91 Å². The zero-order valence-electron chi connectivity index (χ0n) is 14.1. The molecular formula is C20H15BrClN3O2. The number of benzene rings is 2. The monoisotopic (exact) mass is 443 g/mol. The van der Waals surface area contributed by atoms with Crippen molar-refractivity contribution in [3.63, 3.8) is 0 Å². The fourth-order valence-corrected chi connectivity index (χ4v) is 3.01. The number of phenols is 1. The molecule has 3 aromatic rings. The summed E-state index contributed by atoms with van der Waals surface area (Å²) in [6.07, 6.45) is 5.05. The highest BCUT2D eigenvalue weighted by Crippen LogP contribution is 2.22. The first kappa shape index (κ1) is 19.1. The van der Waals surface area contributed by atoms with Crippen molar-refractivity contribution in [3.05, 3.63) is 92.7 Å². The molecule has 5 nitrogen and oxygen atoms in total. The molecule has 1 heterocycles. The molecule has 0 aliphatic heterocycles. The number of nitrogens with zero attached hydrogens (tertiary/aromatic N) is 2. The van der Waals surface area contributed by atoms with Crippen LogP contribution in [0.25, 0.3) is 0 Å². The van der Waals surface area contributed by atoms with Gasteiger partial charge in [0.15, 0.2) is 0 Å². The Labute approximate surface area is 169 Å². The van der Waals surface area contributed by atoms with E-state index >= 15 is 0 Å². The van der Waals surface area contributed by atoms with Crippen LogP contribution in [0, 0.1) is 0 Å². The molecule has 2 aromatic carbocycles. The maximum Gasteiger partial charge on any atom is 0.272 e. The summed E-state index contributed by atoms with van der Waals surface area (Å²) < 4.78 is 0.698. The van der Waals surface area contributed by atoms with E-state index in [4.69, 9.17) is 11.6 Å². The molecule has 2 N–H and O–H groups in total. The molecule has 27 heavy (non-hydrogen) atoms. The van der Waals surface area contributed by atoms with Crippen molar-refractivity contribution in [1.29, 1.82) is 0 Å². The van der Waals surface area contributed by atoms with Gasteiger partial charge in [-0.1, -0.05) is 35.9 Å². The zero-order valence-corrected chi connectivity index (χ0v) is 16.4. The van der Waals surface area contributed by atoms with Gasteiger partial charge in [-0.2, -0.15) is 5.10 Å². The van der Waals surface area contributed by atoms with Gasteiger partial charge >= 0.3 is 0 Å². The van der Waals surface area contributed by atoms with Crippen molar-refractivity contribution in [2.45, 2.75) is 6.42 Å². The molecule has 0 aliphatic rings. The fourth-order valence-electron chi connectivity index (χ4n) is 2.44. The molecule has 0 unspecified atom stereocenters. The first-order chi connectivity index (χ1) is 13.0. The van der Waals surface area contributed by atoms with E-state index in [1.54, 1.807) is 24.4 Å². The smallest absolute Gasteiger partial charge is 0.272 e. The summed E-state index contributed by atoms with van der Waals surface area (Å²) in [4.78, 5) is 16.0. The van der Waals surface area contributed by atoms with Crippen molar-refractivity contribution in [2.75, 3.05) is 0 Å². The third-order valence-corrected chi connectivity index (χ3v) is 4.58. The van der Waals surface area contributed by atoms with Gasteiger partial charge in [-0.3, -0.25) is 9.78 Å². The Morgan fingerprint density at radius 3 is 2.81 bits per heavy atom. The van der Waals surface area contributed by atoms with E-state index in [-0.39, 0.29) is 5.75 Å². The lowest BCUT2D eigenvalue weighted by Crippen LogP contribution is -2.17. The summed E-state index contributed by atoms with van der Waals surface area (Å²) in [7, 11) is 0.